The number of rotatable bonds is 4. The molecule has 22 heavy (non-hydrogen) atoms. The second kappa shape index (κ2) is 6.44. The van der Waals surface area contributed by atoms with Crippen molar-refractivity contribution >= 4 is 33.1 Å². The molecule has 0 saturated heterocycles. The van der Waals surface area contributed by atoms with Crippen molar-refractivity contribution in [1.82, 2.24) is 9.97 Å². The van der Waals surface area contributed by atoms with Crippen LogP contribution in [-0.4, -0.2) is 9.97 Å². The Balaban J connectivity index is 1.86. The van der Waals surface area contributed by atoms with Gasteiger partial charge in [0.25, 0.3) is 0 Å². The van der Waals surface area contributed by atoms with Crippen LogP contribution in [0.4, 0.5) is 17.2 Å². The predicted octanol–water partition coefficient (Wildman–Crippen LogP) is 4.36. The van der Waals surface area contributed by atoms with Crippen LogP contribution < -0.4 is 15.8 Å². The first kappa shape index (κ1) is 14.3. The summed E-state index contributed by atoms with van der Waals surface area (Å²) in [6.07, 6.45) is 1.41. The van der Waals surface area contributed by atoms with Crippen LogP contribution in [0.3, 0.4) is 0 Å². The molecule has 6 heteroatoms. The van der Waals surface area contributed by atoms with Crippen LogP contribution in [0, 0.1) is 0 Å². The van der Waals surface area contributed by atoms with E-state index in [0.717, 1.165) is 10.2 Å². The third-order valence-electron chi connectivity index (χ3n) is 2.89. The number of aromatic nitrogens is 2. The van der Waals surface area contributed by atoms with Crippen molar-refractivity contribution in [3.05, 3.63) is 65.4 Å². The topological polar surface area (TPSA) is 73.1 Å². The van der Waals surface area contributed by atoms with E-state index in [4.69, 9.17) is 10.5 Å². The Hall–Kier alpha value is -2.60. The highest BCUT2D eigenvalue weighted by Crippen LogP contribution is 2.31. The number of nitrogen functional groups attached to an aromatic ring is 1. The number of hydrogen-bond acceptors (Lipinski definition) is 5. The van der Waals surface area contributed by atoms with Gasteiger partial charge in [0, 0.05) is 10.2 Å². The van der Waals surface area contributed by atoms with Gasteiger partial charge in [-0.15, -0.1) is 0 Å². The number of nitrogens with zero attached hydrogens (tertiary/aromatic N) is 2. The van der Waals surface area contributed by atoms with Crippen molar-refractivity contribution in [3.63, 3.8) is 0 Å². The molecule has 1 aromatic heterocycles. The third kappa shape index (κ3) is 3.35. The number of nitrogens with two attached hydrogens (primary N) is 1. The van der Waals surface area contributed by atoms with E-state index in [2.05, 4.69) is 31.2 Å². The fraction of sp³-hybridized carbons (Fsp3) is 0. The molecule has 5 nitrogen and oxygen atoms in total. The molecule has 0 fully saturated rings. The molecular weight excluding hydrogens is 344 g/mol. The van der Waals surface area contributed by atoms with Gasteiger partial charge in [0.2, 0.25) is 5.88 Å². The summed E-state index contributed by atoms with van der Waals surface area (Å²) in [7, 11) is 0. The van der Waals surface area contributed by atoms with E-state index >= 15 is 0 Å². The monoisotopic (exact) mass is 356 g/mol. The fourth-order valence-corrected chi connectivity index (χ4v) is 2.26. The van der Waals surface area contributed by atoms with Crippen LogP contribution in [0.1, 0.15) is 0 Å². The summed E-state index contributed by atoms with van der Waals surface area (Å²) in [5, 5.41) is 3.15. The maximum Gasteiger partial charge on any atom is 0.248 e. The maximum atomic E-state index is 6.09. The highest BCUT2D eigenvalue weighted by atomic mass is 79.9. The molecule has 0 aliphatic heterocycles. The molecule has 0 aliphatic carbocycles. The normalized spacial score (nSPS) is 10.2. The average molecular weight is 357 g/mol. The molecule has 3 N–H and O–H groups in total. The van der Waals surface area contributed by atoms with Crippen molar-refractivity contribution in [3.8, 4) is 11.6 Å². The van der Waals surface area contributed by atoms with Crippen LogP contribution in [0.15, 0.2) is 65.4 Å². The Kier molecular flexibility index (Phi) is 4.20. The molecule has 2 aromatic carbocycles. The minimum Gasteiger partial charge on any atom is -0.437 e. The van der Waals surface area contributed by atoms with Crippen LogP contribution in [0.25, 0.3) is 0 Å². The fourth-order valence-electron chi connectivity index (χ4n) is 1.86. The van der Waals surface area contributed by atoms with E-state index in [9.17, 15) is 0 Å². The molecule has 1 heterocycles. The number of nitrogens with one attached hydrogen (secondary N) is 1. The van der Waals surface area contributed by atoms with Gasteiger partial charge in [0.05, 0.1) is 0 Å². The van der Waals surface area contributed by atoms with Crippen LogP contribution in [0.5, 0.6) is 11.6 Å². The van der Waals surface area contributed by atoms with Gasteiger partial charge in [-0.1, -0.05) is 40.2 Å². The second-order valence-corrected chi connectivity index (χ2v) is 5.41. The Morgan fingerprint density at radius 1 is 1.00 bits per heavy atom. The van der Waals surface area contributed by atoms with Crippen molar-refractivity contribution < 1.29 is 4.74 Å². The zero-order chi connectivity index (χ0) is 15.4. The Labute approximate surface area is 136 Å². The average Bonchev–Trinajstić information content (AvgIpc) is 2.52. The molecule has 0 bridgehead atoms. The summed E-state index contributed by atoms with van der Waals surface area (Å²) in [6, 6.07) is 17.1. The zero-order valence-corrected chi connectivity index (χ0v) is 13.1. The summed E-state index contributed by atoms with van der Waals surface area (Å²) in [4.78, 5) is 8.25. The molecule has 0 radical (unpaired) electrons. The minimum absolute atomic E-state index is 0.318. The van der Waals surface area contributed by atoms with Crippen molar-refractivity contribution in [1.29, 1.82) is 0 Å². The van der Waals surface area contributed by atoms with Crippen LogP contribution in [0.2, 0.25) is 0 Å². The van der Waals surface area contributed by atoms with E-state index in [1.807, 2.05) is 54.6 Å². The molecule has 3 aromatic rings. The van der Waals surface area contributed by atoms with Gasteiger partial charge in [0.15, 0.2) is 5.82 Å². The van der Waals surface area contributed by atoms with Crippen LogP contribution in [-0.2, 0) is 0 Å². The van der Waals surface area contributed by atoms with Gasteiger partial charge in [-0.05, 0) is 30.3 Å². The third-order valence-corrected chi connectivity index (χ3v) is 3.39. The standard InChI is InChI=1S/C16H13BrN4O/c17-11-5-4-6-12(9-11)21-15-14(18)16(20-10-19-15)22-13-7-2-1-3-8-13/h1-10H,18H2,(H,19,20,21). The molecule has 0 unspecified atom stereocenters. The number of hydrogen-bond donors (Lipinski definition) is 2. The molecule has 0 atom stereocenters. The quantitative estimate of drug-likeness (QED) is 0.726. The first-order valence-electron chi connectivity index (χ1n) is 6.58. The number of benzene rings is 2. The number of ether oxygens (including phenoxy) is 1. The van der Waals surface area contributed by atoms with E-state index < -0.39 is 0 Å². The summed E-state index contributed by atoms with van der Waals surface area (Å²) >= 11 is 3.42. The lowest BCUT2D eigenvalue weighted by atomic mass is 10.3. The SMILES string of the molecule is Nc1c(Nc2cccc(Br)c2)ncnc1Oc1ccccc1. The Morgan fingerprint density at radius 2 is 1.82 bits per heavy atom. The summed E-state index contributed by atoms with van der Waals surface area (Å²) in [5.41, 5.74) is 7.31. The van der Waals surface area contributed by atoms with Gasteiger partial charge < -0.3 is 15.8 Å². The Morgan fingerprint density at radius 3 is 2.59 bits per heavy atom. The van der Waals surface area contributed by atoms with E-state index in [0.29, 0.717) is 23.1 Å². The first-order valence-corrected chi connectivity index (χ1v) is 7.37. The summed E-state index contributed by atoms with van der Waals surface area (Å²) in [5.74, 6) is 1.49. The summed E-state index contributed by atoms with van der Waals surface area (Å²) in [6.45, 7) is 0. The van der Waals surface area contributed by atoms with E-state index in [-0.39, 0.29) is 0 Å². The van der Waals surface area contributed by atoms with Crippen LogP contribution >= 0.6 is 15.9 Å². The van der Waals surface area contributed by atoms with Gasteiger partial charge in [-0.25, -0.2) is 4.98 Å². The number of halogens is 1. The lowest BCUT2D eigenvalue weighted by molar-refractivity contribution is 0.464. The molecule has 0 spiro atoms. The van der Waals surface area contributed by atoms with E-state index in [1.165, 1.54) is 6.33 Å². The van der Waals surface area contributed by atoms with Gasteiger partial charge in [-0.2, -0.15) is 4.98 Å². The minimum atomic E-state index is 0.318. The smallest absolute Gasteiger partial charge is 0.248 e. The lowest BCUT2D eigenvalue weighted by Crippen LogP contribution is -2.03. The highest BCUT2D eigenvalue weighted by Gasteiger charge is 2.10. The van der Waals surface area contributed by atoms with Crippen molar-refractivity contribution in [2.24, 2.45) is 0 Å². The second-order valence-electron chi connectivity index (χ2n) is 4.49. The number of para-hydroxylation sites is 1. The molecular formula is C16H13BrN4O. The molecule has 0 amide bonds. The largest absolute Gasteiger partial charge is 0.437 e. The molecule has 110 valence electrons. The lowest BCUT2D eigenvalue weighted by Gasteiger charge is -2.11. The van der Waals surface area contributed by atoms with E-state index in [1.54, 1.807) is 0 Å². The molecule has 3 rings (SSSR count). The first-order chi connectivity index (χ1) is 10.7. The molecule has 0 saturated carbocycles. The molecule has 0 aliphatic rings. The highest BCUT2D eigenvalue weighted by molar-refractivity contribution is 9.10. The van der Waals surface area contributed by atoms with Gasteiger partial charge >= 0.3 is 0 Å². The zero-order valence-electron chi connectivity index (χ0n) is 11.5. The van der Waals surface area contributed by atoms with Gasteiger partial charge in [-0.3, -0.25) is 0 Å². The van der Waals surface area contributed by atoms with Crippen molar-refractivity contribution in [2.75, 3.05) is 11.1 Å². The maximum absolute atomic E-state index is 6.09. The van der Waals surface area contributed by atoms with Crippen molar-refractivity contribution in [2.45, 2.75) is 0 Å². The Bertz CT molecular complexity index is 780. The van der Waals surface area contributed by atoms with Gasteiger partial charge in [0.1, 0.15) is 17.8 Å². The predicted molar refractivity (Wildman–Crippen MR) is 90.4 cm³/mol. The summed E-state index contributed by atoms with van der Waals surface area (Å²) < 4.78 is 6.65. The number of anilines is 3.